The fraction of sp³-hybridized carbons (Fsp3) is 0.333. The van der Waals surface area contributed by atoms with E-state index in [4.69, 9.17) is 27.9 Å². The summed E-state index contributed by atoms with van der Waals surface area (Å²) in [6, 6.07) is 2.88. The summed E-state index contributed by atoms with van der Waals surface area (Å²) in [5.74, 6) is -0.0896. The first-order valence-electron chi connectivity index (χ1n) is 4.11. The van der Waals surface area contributed by atoms with Gasteiger partial charge in [0.25, 0.3) is 0 Å². The lowest BCUT2D eigenvalue weighted by atomic mass is 10.3. The number of halogens is 4. The van der Waals surface area contributed by atoms with Crippen molar-refractivity contribution in [1.82, 2.24) is 0 Å². The van der Waals surface area contributed by atoms with Crippen molar-refractivity contribution in [2.24, 2.45) is 0 Å². The van der Waals surface area contributed by atoms with Crippen molar-refractivity contribution in [3.05, 3.63) is 22.2 Å². The van der Waals surface area contributed by atoms with Gasteiger partial charge in [0.05, 0.1) is 11.6 Å². The molecule has 0 N–H and O–H groups in total. The van der Waals surface area contributed by atoms with Crippen LogP contribution in [0.1, 0.15) is 6.92 Å². The summed E-state index contributed by atoms with van der Waals surface area (Å²) in [6.07, 6.45) is 0. The van der Waals surface area contributed by atoms with Crippen molar-refractivity contribution >= 4 is 23.2 Å². The van der Waals surface area contributed by atoms with Crippen LogP contribution in [-0.4, -0.2) is 13.2 Å². The Morgan fingerprint density at radius 1 is 1.33 bits per heavy atom. The molecule has 0 radical (unpaired) electrons. The fourth-order valence-corrected chi connectivity index (χ4v) is 1.33. The molecular weight excluding hydrogens is 249 g/mol. The summed E-state index contributed by atoms with van der Waals surface area (Å²) in [6.45, 7) is -0.938. The topological polar surface area (TPSA) is 18.5 Å². The first-order valence-corrected chi connectivity index (χ1v) is 4.87. The molecule has 1 aromatic rings. The maximum Gasteiger partial charge on any atom is 0.387 e. The lowest BCUT2D eigenvalue weighted by Crippen LogP contribution is -2.05. The van der Waals surface area contributed by atoms with E-state index in [9.17, 15) is 8.78 Å². The molecule has 0 fully saturated rings. The fourth-order valence-electron chi connectivity index (χ4n) is 0.982. The summed E-state index contributed by atoms with van der Waals surface area (Å²) in [5.41, 5.74) is 0. The predicted octanol–water partition coefficient (Wildman–Crippen LogP) is 3.99. The Balaban J connectivity index is 3.10. The Morgan fingerprint density at radius 3 is 2.53 bits per heavy atom. The maximum atomic E-state index is 12.1. The molecule has 1 rings (SSSR count). The lowest BCUT2D eigenvalue weighted by Gasteiger charge is -2.13. The standard InChI is InChI=1S/C9H8Cl2F2O2/c1-2-14-6-4-3-5(10)7(11)8(6)15-9(12)13/h3-4,9H,2H2,1H3. The number of ether oxygens (including phenoxy) is 2. The van der Waals surface area contributed by atoms with Crippen LogP contribution in [0.25, 0.3) is 0 Å². The Kier molecular flexibility index (Phi) is 4.42. The number of benzene rings is 1. The van der Waals surface area contributed by atoms with Crippen LogP contribution in [-0.2, 0) is 0 Å². The van der Waals surface area contributed by atoms with Crippen molar-refractivity contribution in [3.8, 4) is 11.5 Å². The van der Waals surface area contributed by atoms with Crippen molar-refractivity contribution in [3.63, 3.8) is 0 Å². The summed E-state index contributed by atoms with van der Waals surface area (Å²) < 4.78 is 33.5. The van der Waals surface area contributed by atoms with Gasteiger partial charge in [-0.1, -0.05) is 23.2 Å². The van der Waals surface area contributed by atoms with Crippen LogP contribution in [0.15, 0.2) is 12.1 Å². The minimum absolute atomic E-state index is 0.0806. The highest BCUT2D eigenvalue weighted by Crippen LogP contribution is 2.40. The van der Waals surface area contributed by atoms with Gasteiger partial charge in [-0.05, 0) is 19.1 Å². The molecule has 0 amide bonds. The van der Waals surface area contributed by atoms with Gasteiger partial charge < -0.3 is 9.47 Å². The molecule has 0 atom stereocenters. The van der Waals surface area contributed by atoms with E-state index in [2.05, 4.69) is 4.74 Å². The van der Waals surface area contributed by atoms with E-state index < -0.39 is 6.61 Å². The van der Waals surface area contributed by atoms with Crippen LogP contribution in [0.5, 0.6) is 11.5 Å². The van der Waals surface area contributed by atoms with Crippen LogP contribution >= 0.6 is 23.2 Å². The Bertz CT molecular complexity index is 345. The molecule has 1 aromatic carbocycles. The summed E-state index contributed by atoms with van der Waals surface area (Å²) in [4.78, 5) is 0. The van der Waals surface area contributed by atoms with Gasteiger partial charge in [-0.3, -0.25) is 0 Å². The van der Waals surface area contributed by atoms with Gasteiger partial charge >= 0.3 is 6.61 Å². The van der Waals surface area contributed by atoms with Gasteiger partial charge in [0.2, 0.25) is 0 Å². The summed E-state index contributed by atoms with van der Waals surface area (Å²) in [5, 5.41) is 0.0543. The molecule has 0 bridgehead atoms. The van der Waals surface area contributed by atoms with Gasteiger partial charge in [-0.25, -0.2) is 0 Å². The molecule has 15 heavy (non-hydrogen) atoms. The quantitative estimate of drug-likeness (QED) is 0.811. The van der Waals surface area contributed by atoms with E-state index in [0.717, 1.165) is 0 Å². The lowest BCUT2D eigenvalue weighted by molar-refractivity contribution is -0.0513. The SMILES string of the molecule is CCOc1ccc(Cl)c(Cl)c1OC(F)F. The van der Waals surface area contributed by atoms with E-state index in [1.807, 2.05) is 0 Å². The molecule has 0 spiro atoms. The van der Waals surface area contributed by atoms with Crippen LogP contribution in [0.3, 0.4) is 0 Å². The van der Waals surface area contributed by atoms with Crippen LogP contribution in [0, 0.1) is 0 Å². The highest BCUT2D eigenvalue weighted by molar-refractivity contribution is 6.43. The Morgan fingerprint density at radius 2 is 2.00 bits per heavy atom. The molecule has 0 unspecified atom stereocenters. The van der Waals surface area contributed by atoms with Crippen LogP contribution in [0.4, 0.5) is 8.78 Å². The molecule has 0 aliphatic heterocycles. The smallest absolute Gasteiger partial charge is 0.387 e. The zero-order chi connectivity index (χ0) is 11.4. The van der Waals surface area contributed by atoms with Crippen molar-refractivity contribution in [1.29, 1.82) is 0 Å². The van der Waals surface area contributed by atoms with Crippen molar-refractivity contribution in [2.45, 2.75) is 13.5 Å². The van der Waals surface area contributed by atoms with Gasteiger partial charge in [0.1, 0.15) is 5.02 Å². The van der Waals surface area contributed by atoms with Gasteiger partial charge in [0.15, 0.2) is 11.5 Å². The molecule has 2 nitrogen and oxygen atoms in total. The minimum Gasteiger partial charge on any atom is -0.490 e. The molecule has 0 heterocycles. The molecule has 6 heteroatoms. The average molecular weight is 257 g/mol. The Labute approximate surface area is 95.7 Å². The Hall–Kier alpha value is -0.740. The van der Waals surface area contributed by atoms with E-state index in [0.29, 0.717) is 6.61 Å². The zero-order valence-electron chi connectivity index (χ0n) is 7.77. The largest absolute Gasteiger partial charge is 0.490 e. The van der Waals surface area contributed by atoms with Gasteiger partial charge in [0, 0.05) is 0 Å². The van der Waals surface area contributed by atoms with E-state index >= 15 is 0 Å². The normalized spacial score (nSPS) is 10.5. The highest BCUT2D eigenvalue weighted by atomic mass is 35.5. The third kappa shape index (κ3) is 3.11. The molecular formula is C9H8Cl2F2O2. The third-order valence-corrected chi connectivity index (χ3v) is 2.31. The average Bonchev–Trinajstić information content (AvgIpc) is 2.17. The number of hydrogen-bond donors (Lipinski definition) is 0. The van der Waals surface area contributed by atoms with E-state index in [-0.39, 0.29) is 21.5 Å². The zero-order valence-corrected chi connectivity index (χ0v) is 9.28. The van der Waals surface area contributed by atoms with E-state index in [1.165, 1.54) is 12.1 Å². The molecule has 0 saturated heterocycles. The second-order valence-electron chi connectivity index (χ2n) is 2.50. The number of alkyl halides is 2. The second-order valence-corrected chi connectivity index (χ2v) is 3.29. The van der Waals surface area contributed by atoms with E-state index in [1.54, 1.807) is 6.92 Å². The molecule has 84 valence electrons. The molecule has 0 aromatic heterocycles. The summed E-state index contributed by atoms with van der Waals surface area (Å²) >= 11 is 11.4. The molecule has 0 aliphatic carbocycles. The predicted molar refractivity (Wildman–Crippen MR) is 54.3 cm³/mol. The molecule has 0 aliphatic rings. The first kappa shape index (κ1) is 12.3. The van der Waals surface area contributed by atoms with Crippen molar-refractivity contribution < 1.29 is 18.3 Å². The van der Waals surface area contributed by atoms with Crippen molar-refractivity contribution in [2.75, 3.05) is 6.61 Å². The monoisotopic (exact) mass is 256 g/mol. The van der Waals surface area contributed by atoms with Crippen LogP contribution in [0.2, 0.25) is 10.0 Å². The second kappa shape index (κ2) is 5.37. The van der Waals surface area contributed by atoms with Gasteiger partial charge in [-0.15, -0.1) is 0 Å². The first-order chi connectivity index (χ1) is 7.06. The molecule has 0 saturated carbocycles. The number of hydrogen-bond acceptors (Lipinski definition) is 2. The van der Waals surface area contributed by atoms with Gasteiger partial charge in [-0.2, -0.15) is 8.78 Å². The number of rotatable bonds is 4. The minimum atomic E-state index is -2.97. The van der Waals surface area contributed by atoms with Crippen LogP contribution < -0.4 is 9.47 Å². The summed E-state index contributed by atoms with van der Waals surface area (Å²) in [7, 11) is 0. The highest BCUT2D eigenvalue weighted by Gasteiger charge is 2.17. The third-order valence-electron chi connectivity index (χ3n) is 1.52. The maximum absolute atomic E-state index is 12.1.